The first-order chi connectivity index (χ1) is 7.64. The monoisotopic (exact) mass is 236 g/mol. The molecule has 2 bridgehead atoms. The maximum absolute atomic E-state index is 6.30. The first-order valence-corrected chi connectivity index (χ1v) is 6.98. The third-order valence-corrected chi connectivity index (χ3v) is 5.52. The van der Waals surface area contributed by atoms with Crippen molar-refractivity contribution in [3.63, 3.8) is 0 Å². The Hall–Kier alpha value is -0.0151. The van der Waals surface area contributed by atoms with Crippen molar-refractivity contribution in [1.29, 1.82) is 0 Å². The van der Waals surface area contributed by atoms with Crippen molar-refractivity contribution < 1.29 is 9.31 Å². The minimum absolute atomic E-state index is 0.0267. The molecule has 96 valence electrons. The molecule has 1 aliphatic heterocycles. The summed E-state index contributed by atoms with van der Waals surface area (Å²) in [5.41, 5.74) is 0.432. The van der Waals surface area contributed by atoms with Crippen LogP contribution in [-0.2, 0) is 9.31 Å². The lowest BCUT2D eigenvalue weighted by Gasteiger charge is -2.63. The molecule has 0 N–H and O–H groups in total. The van der Waals surface area contributed by atoms with Gasteiger partial charge in [-0.2, -0.15) is 0 Å². The summed E-state index contributed by atoms with van der Waals surface area (Å²) in [6, 6.07) is 0. The zero-order chi connectivity index (χ0) is 12.6. The fourth-order valence-electron chi connectivity index (χ4n) is 4.09. The van der Waals surface area contributed by atoms with E-state index in [-0.39, 0.29) is 18.0 Å². The largest absolute Gasteiger partial charge is 0.463 e. The van der Waals surface area contributed by atoms with Crippen LogP contribution in [0.1, 0.15) is 54.4 Å². The van der Waals surface area contributed by atoms with Gasteiger partial charge in [-0.05, 0) is 42.3 Å². The van der Waals surface area contributed by atoms with E-state index in [1.165, 1.54) is 12.8 Å². The summed E-state index contributed by atoms with van der Waals surface area (Å²) in [5.74, 6) is 1.52. The second-order valence-corrected chi connectivity index (χ2v) is 8.25. The molecule has 0 aromatic carbocycles. The van der Waals surface area contributed by atoms with E-state index in [0.717, 1.165) is 5.92 Å². The Morgan fingerprint density at radius 1 is 1.18 bits per heavy atom. The standard InChI is InChI=1S/C14H25BO2/c1-12(2,3)15-16-11-10-7-9(13(10,4)5)8-14(11,6)17-15/h9-11H,7-8H2,1-6H3/t9-,10+,11-,14+/m1/s1. The van der Waals surface area contributed by atoms with Crippen LogP contribution in [0.5, 0.6) is 0 Å². The van der Waals surface area contributed by atoms with E-state index in [4.69, 9.17) is 9.31 Å². The Labute approximate surface area is 106 Å². The van der Waals surface area contributed by atoms with Crippen LogP contribution < -0.4 is 0 Å². The molecular weight excluding hydrogens is 211 g/mol. The zero-order valence-electron chi connectivity index (χ0n) is 12.0. The first-order valence-electron chi connectivity index (χ1n) is 6.98. The van der Waals surface area contributed by atoms with Crippen LogP contribution in [0, 0.1) is 17.3 Å². The van der Waals surface area contributed by atoms with E-state index < -0.39 is 0 Å². The van der Waals surface area contributed by atoms with Gasteiger partial charge in [-0.25, -0.2) is 0 Å². The van der Waals surface area contributed by atoms with Crippen LogP contribution in [-0.4, -0.2) is 18.8 Å². The van der Waals surface area contributed by atoms with Crippen LogP contribution in [0.25, 0.3) is 0 Å². The molecule has 4 aliphatic rings. The smallest absolute Gasteiger partial charge is 0.405 e. The summed E-state index contributed by atoms with van der Waals surface area (Å²) < 4.78 is 12.6. The van der Waals surface area contributed by atoms with Crippen molar-refractivity contribution in [3.05, 3.63) is 0 Å². The van der Waals surface area contributed by atoms with Gasteiger partial charge in [-0.1, -0.05) is 34.6 Å². The van der Waals surface area contributed by atoms with Crippen LogP contribution in [0.4, 0.5) is 0 Å². The first kappa shape index (κ1) is 12.0. The topological polar surface area (TPSA) is 18.5 Å². The number of hydrogen-bond donors (Lipinski definition) is 0. The van der Waals surface area contributed by atoms with Gasteiger partial charge < -0.3 is 9.31 Å². The average Bonchev–Trinajstić information content (AvgIpc) is 2.53. The quantitative estimate of drug-likeness (QED) is 0.599. The minimum atomic E-state index is -0.0346. The van der Waals surface area contributed by atoms with Crippen LogP contribution in [0.15, 0.2) is 0 Å². The Balaban J connectivity index is 1.86. The van der Waals surface area contributed by atoms with Gasteiger partial charge in [0.25, 0.3) is 0 Å². The summed E-state index contributed by atoms with van der Waals surface area (Å²) in [6.45, 7) is 13.7. The second kappa shape index (κ2) is 3.11. The van der Waals surface area contributed by atoms with E-state index >= 15 is 0 Å². The molecule has 4 fully saturated rings. The SMILES string of the molecule is CC(C)(C)B1O[C@@H]2[C@@H]3C[C@H](C[C@]2(C)O1)C3(C)C. The molecule has 0 aromatic heterocycles. The Morgan fingerprint density at radius 3 is 2.35 bits per heavy atom. The lowest BCUT2D eigenvalue weighted by molar-refractivity contribution is -0.185. The molecule has 0 aromatic rings. The molecule has 1 heterocycles. The van der Waals surface area contributed by atoms with Gasteiger partial charge >= 0.3 is 7.12 Å². The molecule has 3 aliphatic carbocycles. The molecule has 0 unspecified atom stereocenters. The van der Waals surface area contributed by atoms with Gasteiger partial charge in [0.1, 0.15) is 0 Å². The van der Waals surface area contributed by atoms with Crippen molar-refractivity contribution in [2.24, 2.45) is 17.3 Å². The molecule has 0 spiro atoms. The lowest BCUT2D eigenvalue weighted by atomic mass is 9.45. The average molecular weight is 236 g/mol. The van der Waals surface area contributed by atoms with Crippen molar-refractivity contribution in [2.45, 2.75) is 71.4 Å². The van der Waals surface area contributed by atoms with E-state index in [1.54, 1.807) is 0 Å². The van der Waals surface area contributed by atoms with Gasteiger partial charge in [-0.15, -0.1) is 0 Å². The van der Waals surface area contributed by atoms with Gasteiger partial charge in [0, 0.05) is 0 Å². The number of rotatable bonds is 0. The maximum Gasteiger partial charge on any atom is 0.463 e. The van der Waals surface area contributed by atoms with Gasteiger partial charge in [0.15, 0.2) is 0 Å². The van der Waals surface area contributed by atoms with Gasteiger partial charge in [0.05, 0.1) is 11.7 Å². The third kappa shape index (κ3) is 1.48. The predicted octanol–water partition coefficient (Wildman–Crippen LogP) is 3.51. The predicted molar refractivity (Wildman–Crippen MR) is 69.8 cm³/mol. The van der Waals surface area contributed by atoms with E-state index in [0.29, 0.717) is 17.4 Å². The highest BCUT2D eigenvalue weighted by atomic mass is 16.7. The molecule has 0 amide bonds. The summed E-state index contributed by atoms with van der Waals surface area (Å²) in [4.78, 5) is 0. The Morgan fingerprint density at radius 2 is 1.82 bits per heavy atom. The van der Waals surface area contributed by atoms with Crippen molar-refractivity contribution in [2.75, 3.05) is 0 Å². The molecule has 4 atom stereocenters. The van der Waals surface area contributed by atoms with Crippen molar-refractivity contribution in [3.8, 4) is 0 Å². The fraction of sp³-hybridized carbons (Fsp3) is 1.00. The van der Waals surface area contributed by atoms with Crippen LogP contribution in [0.2, 0.25) is 5.31 Å². The molecule has 3 saturated carbocycles. The molecular formula is C14H25BO2. The van der Waals surface area contributed by atoms with Gasteiger partial charge in [0.2, 0.25) is 0 Å². The lowest BCUT2D eigenvalue weighted by Crippen LogP contribution is -2.63. The van der Waals surface area contributed by atoms with Crippen LogP contribution in [0.3, 0.4) is 0 Å². The molecule has 0 radical (unpaired) electrons. The highest BCUT2D eigenvalue weighted by molar-refractivity contribution is 6.49. The summed E-state index contributed by atoms with van der Waals surface area (Å²) in [5, 5.41) is 0.0783. The Bertz CT molecular complexity index is 347. The molecule has 4 rings (SSSR count). The number of hydrogen-bond acceptors (Lipinski definition) is 2. The maximum atomic E-state index is 6.30. The molecule has 2 nitrogen and oxygen atoms in total. The molecule has 3 heteroatoms. The fourth-order valence-corrected chi connectivity index (χ4v) is 4.09. The molecule has 1 saturated heterocycles. The summed E-state index contributed by atoms with van der Waals surface area (Å²) in [7, 11) is -0.0346. The van der Waals surface area contributed by atoms with Gasteiger partial charge in [-0.3, -0.25) is 0 Å². The summed E-state index contributed by atoms with van der Waals surface area (Å²) >= 11 is 0. The van der Waals surface area contributed by atoms with Crippen molar-refractivity contribution >= 4 is 7.12 Å². The van der Waals surface area contributed by atoms with E-state index in [2.05, 4.69) is 41.5 Å². The van der Waals surface area contributed by atoms with Crippen molar-refractivity contribution in [1.82, 2.24) is 0 Å². The van der Waals surface area contributed by atoms with Crippen LogP contribution >= 0.6 is 0 Å². The van der Waals surface area contributed by atoms with E-state index in [1.807, 2.05) is 0 Å². The highest BCUT2D eigenvalue weighted by Gasteiger charge is 2.67. The zero-order valence-corrected chi connectivity index (χ0v) is 12.0. The molecule has 17 heavy (non-hydrogen) atoms. The van der Waals surface area contributed by atoms with E-state index in [9.17, 15) is 0 Å². The summed E-state index contributed by atoms with van der Waals surface area (Å²) in [6.07, 6.45) is 2.83. The Kier molecular flexibility index (Phi) is 2.20. The second-order valence-electron chi connectivity index (χ2n) is 8.25. The third-order valence-electron chi connectivity index (χ3n) is 5.52. The minimum Gasteiger partial charge on any atom is -0.405 e. The highest BCUT2D eigenvalue weighted by Crippen LogP contribution is 2.65. The normalized spacial score (nSPS) is 47.6.